The first kappa shape index (κ1) is 30.1. The van der Waals surface area contributed by atoms with Crippen LogP contribution in [0.1, 0.15) is 90.4 Å². The number of allylic oxidation sites excluding steroid dienone is 1. The molecule has 0 unspecified atom stereocenters. The van der Waals surface area contributed by atoms with Gasteiger partial charge in [0.05, 0.1) is 19.6 Å². The third kappa shape index (κ3) is 18.7. The number of unbranched alkanes of at least 4 members (excludes halogenated alkanes) is 12. The number of hydrogen-bond donors (Lipinski definition) is 1. The Balaban J connectivity index is 0. The highest BCUT2D eigenvalue weighted by atomic mass is 35.5. The van der Waals surface area contributed by atoms with Crippen molar-refractivity contribution in [3.63, 3.8) is 0 Å². The Bertz CT molecular complexity index is 425. The highest BCUT2D eigenvalue weighted by Crippen LogP contribution is 2.13. The SMILES string of the molecule is C=CC[N+](CC=C)(CC=CCCCCCCCCCCCCCC)CC(N)=O.[Cl-]. The molecular weight excluding hydrogens is 380 g/mol. The Morgan fingerprint density at radius 1 is 0.759 bits per heavy atom. The number of primary amides is 1. The van der Waals surface area contributed by atoms with Crippen molar-refractivity contribution < 1.29 is 21.7 Å². The van der Waals surface area contributed by atoms with E-state index in [1.165, 1.54) is 77.0 Å². The van der Waals surface area contributed by atoms with Gasteiger partial charge in [-0.05, 0) is 31.1 Å². The molecule has 0 heterocycles. The summed E-state index contributed by atoms with van der Waals surface area (Å²) in [5, 5.41) is 0. The van der Waals surface area contributed by atoms with E-state index in [1.54, 1.807) is 0 Å². The molecule has 0 aromatic rings. The molecule has 0 aromatic carbocycles. The number of quaternary nitrogens is 1. The summed E-state index contributed by atoms with van der Waals surface area (Å²) < 4.78 is 0.595. The second-order valence-electron chi connectivity index (χ2n) is 8.24. The van der Waals surface area contributed by atoms with Crippen molar-refractivity contribution in [2.75, 3.05) is 26.2 Å². The summed E-state index contributed by atoms with van der Waals surface area (Å²) in [7, 11) is 0. The molecule has 0 aliphatic carbocycles. The molecule has 2 N–H and O–H groups in total. The zero-order valence-corrected chi connectivity index (χ0v) is 19.8. The maximum absolute atomic E-state index is 11.4. The number of halogens is 1. The molecule has 0 bridgehead atoms. The lowest BCUT2D eigenvalue weighted by molar-refractivity contribution is -0.904. The topological polar surface area (TPSA) is 43.1 Å². The molecule has 0 aromatic heterocycles. The summed E-state index contributed by atoms with van der Waals surface area (Å²) in [6.45, 7) is 12.5. The van der Waals surface area contributed by atoms with Crippen LogP contribution < -0.4 is 18.1 Å². The molecule has 0 rings (SSSR count). The molecule has 3 nitrogen and oxygen atoms in total. The smallest absolute Gasteiger partial charge is 0.272 e. The van der Waals surface area contributed by atoms with Crippen molar-refractivity contribution in [2.24, 2.45) is 5.73 Å². The Kier molecular flexibility index (Phi) is 22.5. The number of hydrogen-bond acceptors (Lipinski definition) is 1. The first-order chi connectivity index (χ1) is 13.6. The standard InChI is InChI=1S/C25H46N2O.ClH/c1-4-7-8-9-10-11-12-13-14-15-16-17-18-19-20-23-27(21-5-2,22-6-3)24-25(26)28;/h5-6,19-20H,2-4,7-18,21-24H2,1H3,(H-,26,28);1H. The van der Waals surface area contributed by atoms with Crippen LogP contribution in [0.15, 0.2) is 37.5 Å². The number of nitrogens with zero attached hydrogens (tertiary/aromatic N) is 1. The molecule has 170 valence electrons. The van der Waals surface area contributed by atoms with Crippen LogP contribution in [0.2, 0.25) is 0 Å². The second kappa shape index (κ2) is 21.6. The molecule has 0 saturated heterocycles. The highest BCUT2D eigenvalue weighted by molar-refractivity contribution is 5.75. The number of nitrogens with two attached hydrogens (primary N) is 1. The van der Waals surface area contributed by atoms with E-state index < -0.39 is 0 Å². The highest BCUT2D eigenvalue weighted by Gasteiger charge is 2.25. The van der Waals surface area contributed by atoms with Crippen molar-refractivity contribution in [1.82, 2.24) is 0 Å². The summed E-state index contributed by atoms with van der Waals surface area (Å²) in [5.41, 5.74) is 5.45. The van der Waals surface area contributed by atoms with Crippen molar-refractivity contribution >= 4 is 5.91 Å². The van der Waals surface area contributed by atoms with Crippen molar-refractivity contribution in [3.05, 3.63) is 37.5 Å². The maximum Gasteiger partial charge on any atom is 0.272 e. The molecule has 1 amide bonds. The van der Waals surface area contributed by atoms with E-state index in [4.69, 9.17) is 5.73 Å². The minimum Gasteiger partial charge on any atom is -1.00 e. The zero-order valence-electron chi connectivity index (χ0n) is 19.1. The van der Waals surface area contributed by atoms with Gasteiger partial charge in [-0.15, -0.1) is 0 Å². The lowest BCUT2D eigenvalue weighted by Gasteiger charge is -2.34. The van der Waals surface area contributed by atoms with E-state index in [2.05, 4.69) is 32.2 Å². The Hall–Kier alpha value is -1.06. The predicted molar refractivity (Wildman–Crippen MR) is 124 cm³/mol. The van der Waals surface area contributed by atoms with Crippen LogP contribution in [0.5, 0.6) is 0 Å². The van der Waals surface area contributed by atoms with Gasteiger partial charge < -0.3 is 22.6 Å². The van der Waals surface area contributed by atoms with E-state index in [0.717, 1.165) is 26.1 Å². The van der Waals surface area contributed by atoms with Crippen molar-refractivity contribution in [2.45, 2.75) is 90.4 Å². The summed E-state index contributed by atoms with van der Waals surface area (Å²) >= 11 is 0. The van der Waals surface area contributed by atoms with Crippen LogP contribution in [0, 0.1) is 0 Å². The molecule has 0 saturated carbocycles. The van der Waals surface area contributed by atoms with Gasteiger partial charge in [0.25, 0.3) is 5.91 Å². The number of amides is 1. The van der Waals surface area contributed by atoms with Gasteiger partial charge >= 0.3 is 0 Å². The zero-order chi connectivity index (χ0) is 20.9. The molecule has 29 heavy (non-hydrogen) atoms. The molecule has 0 aliphatic heterocycles. The Morgan fingerprint density at radius 2 is 1.21 bits per heavy atom. The minimum atomic E-state index is -0.266. The molecular formula is C25H47ClN2O. The average Bonchev–Trinajstić information content (AvgIpc) is 2.65. The Morgan fingerprint density at radius 3 is 1.62 bits per heavy atom. The third-order valence-corrected chi connectivity index (χ3v) is 5.41. The Labute approximate surface area is 187 Å². The third-order valence-electron chi connectivity index (χ3n) is 5.41. The lowest BCUT2D eigenvalue weighted by Crippen LogP contribution is -3.00. The summed E-state index contributed by atoms with van der Waals surface area (Å²) in [6, 6.07) is 0. The van der Waals surface area contributed by atoms with Crippen LogP contribution >= 0.6 is 0 Å². The largest absolute Gasteiger partial charge is 1.00 e. The fourth-order valence-corrected chi connectivity index (χ4v) is 3.81. The van der Waals surface area contributed by atoms with E-state index >= 15 is 0 Å². The van der Waals surface area contributed by atoms with Crippen LogP contribution in [0.3, 0.4) is 0 Å². The van der Waals surface area contributed by atoms with Crippen LogP contribution in [0.4, 0.5) is 0 Å². The first-order valence-electron chi connectivity index (χ1n) is 11.6. The second-order valence-corrected chi connectivity index (χ2v) is 8.24. The van der Waals surface area contributed by atoms with E-state index in [-0.39, 0.29) is 18.3 Å². The van der Waals surface area contributed by atoms with Gasteiger partial charge in [-0.25, -0.2) is 0 Å². The van der Waals surface area contributed by atoms with Gasteiger partial charge in [0.15, 0.2) is 6.54 Å². The number of carbonyl (C=O) groups is 1. The fourth-order valence-electron chi connectivity index (χ4n) is 3.81. The van der Waals surface area contributed by atoms with E-state index in [9.17, 15) is 4.79 Å². The quantitative estimate of drug-likeness (QED) is 0.171. The molecule has 0 atom stereocenters. The van der Waals surface area contributed by atoms with Gasteiger partial charge in [0, 0.05) is 0 Å². The normalized spacial score (nSPS) is 11.3. The van der Waals surface area contributed by atoms with Gasteiger partial charge in [0.1, 0.15) is 0 Å². The lowest BCUT2D eigenvalue weighted by atomic mass is 10.0. The average molecular weight is 427 g/mol. The van der Waals surface area contributed by atoms with Crippen LogP contribution in [-0.2, 0) is 4.79 Å². The number of rotatable bonds is 21. The predicted octanol–water partition coefficient (Wildman–Crippen LogP) is 3.31. The summed E-state index contributed by atoms with van der Waals surface area (Å²) in [4.78, 5) is 11.4. The van der Waals surface area contributed by atoms with Gasteiger partial charge in [-0.3, -0.25) is 4.79 Å². The molecule has 0 radical (unpaired) electrons. The summed E-state index contributed by atoms with van der Waals surface area (Å²) in [6.07, 6.45) is 25.9. The fraction of sp³-hybridized carbons (Fsp3) is 0.720. The van der Waals surface area contributed by atoms with Gasteiger partial charge in [-0.2, -0.15) is 0 Å². The van der Waals surface area contributed by atoms with E-state index in [0.29, 0.717) is 11.0 Å². The van der Waals surface area contributed by atoms with Crippen molar-refractivity contribution in [3.8, 4) is 0 Å². The maximum atomic E-state index is 11.4. The van der Waals surface area contributed by atoms with Crippen LogP contribution in [0.25, 0.3) is 0 Å². The van der Waals surface area contributed by atoms with Crippen LogP contribution in [-0.4, -0.2) is 36.6 Å². The number of carbonyl (C=O) groups excluding carboxylic acids is 1. The van der Waals surface area contributed by atoms with Gasteiger partial charge in [0.2, 0.25) is 0 Å². The van der Waals surface area contributed by atoms with Gasteiger partial charge in [-0.1, -0.05) is 96.8 Å². The van der Waals surface area contributed by atoms with Crippen molar-refractivity contribution in [1.29, 1.82) is 0 Å². The summed E-state index contributed by atoms with van der Waals surface area (Å²) in [5.74, 6) is -0.266. The monoisotopic (exact) mass is 426 g/mol. The molecule has 4 heteroatoms. The first-order valence-corrected chi connectivity index (χ1v) is 11.6. The van der Waals surface area contributed by atoms with E-state index in [1.807, 2.05) is 12.2 Å². The molecule has 0 aliphatic rings. The minimum absolute atomic E-state index is 0. The molecule has 0 fully saturated rings. The molecule has 0 spiro atoms.